The number of hydrogen-bond acceptors (Lipinski definition) is 3. The number of carbonyl (C=O) groups is 2. The Bertz CT molecular complexity index is 538. The van der Waals surface area contributed by atoms with E-state index in [0.717, 1.165) is 31.5 Å². The number of carboxylic acid groups (broad SMARTS) is 1. The Balaban J connectivity index is 2.33. The summed E-state index contributed by atoms with van der Waals surface area (Å²) in [6, 6.07) is 0.0888. The zero-order chi connectivity index (χ0) is 14.7. The fourth-order valence-corrected chi connectivity index (χ4v) is 2.52. The summed E-state index contributed by atoms with van der Waals surface area (Å²) >= 11 is 5.81. The minimum atomic E-state index is -1.05. The van der Waals surface area contributed by atoms with E-state index in [1.54, 1.807) is 0 Å². The van der Waals surface area contributed by atoms with E-state index >= 15 is 0 Å². The summed E-state index contributed by atoms with van der Waals surface area (Å²) in [5.41, 5.74) is -0.0974. The predicted octanol–water partition coefficient (Wildman–Crippen LogP) is 2.34. The van der Waals surface area contributed by atoms with Crippen LogP contribution in [0.3, 0.4) is 0 Å². The lowest BCUT2D eigenvalue weighted by Gasteiger charge is -2.27. The van der Waals surface area contributed by atoms with E-state index in [4.69, 9.17) is 11.6 Å². The lowest BCUT2D eigenvalue weighted by molar-refractivity contribution is -0.142. The Hall–Kier alpha value is -1.69. The van der Waals surface area contributed by atoms with Crippen LogP contribution in [-0.4, -0.2) is 39.5 Å². The highest BCUT2D eigenvalue weighted by Crippen LogP contribution is 2.22. The molecule has 20 heavy (non-hydrogen) atoms. The molecule has 1 aliphatic rings. The predicted molar refractivity (Wildman–Crippen MR) is 70.1 cm³/mol. The molecular formula is C13H14ClFN2O3. The number of aliphatic carboxylic acids is 1. The van der Waals surface area contributed by atoms with Crippen LogP contribution in [0.4, 0.5) is 4.39 Å². The van der Waals surface area contributed by atoms with Crippen molar-refractivity contribution in [3.8, 4) is 0 Å². The molecule has 0 bridgehead atoms. The number of likely N-dealkylation sites (tertiary alicyclic amines) is 1. The molecule has 1 fully saturated rings. The fraction of sp³-hybridized carbons (Fsp3) is 0.462. The molecule has 2 rings (SSSR count). The normalized spacial score (nSPS) is 19.5. The summed E-state index contributed by atoms with van der Waals surface area (Å²) in [4.78, 5) is 28.5. The third-order valence-electron chi connectivity index (χ3n) is 3.33. The first kappa shape index (κ1) is 14.7. The summed E-state index contributed by atoms with van der Waals surface area (Å²) in [6.07, 6.45) is 3.63. The first-order chi connectivity index (χ1) is 9.50. The summed E-state index contributed by atoms with van der Waals surface area (Å²) in [7, 11) is 0. The number of carboxylic acids is 1. The maximum absolute atomic E-state index is 13.2. The number of nitrogens with zero attached hydrogens (tertiary/aromatic N) is 2. The first-order valence-corrected chi connectivity index (χ1v) is 6.73. The van der Waals surface area contributed by atoms with Crippen LogP contribution in [0, 0.1) is 5.82 Å². The molecule has 5 nitrogen and oxygen atoms in total. The highest BCUT2D eigenvalue weighted by molar-refractivity contribution is 6.32. The lowest BCUT2D eigenvalue weighted by atomic mass is 10.1. The average molecular weight is 301 g/mol. The van der Waals surface area contributed by atoms with E-state index in [9.17, 15) is 19.1 Å². The van der Waals surface area contributed by atoms with Gasteiger partial charge in [0.15, 0.2) is 0 Å². The number of hydrogen-bond donors (Lipinski definition) is 1. The van der Waals surface area contributed by atoms with Crippen molar-refractivity contribution < 1.29 is 19.1 Å². The van der Waals surface area contributed by atoms with E-state index in [0.29, 0.717) is 13.0 Å². The van der Waals surface area contributed by atoms with Gasteiger partial charge in [0.2, 0.25) is 0 Å². The molecule has 1 unspecified atom stereocenters. The molecular weight excluding hydrogens is 287 g/mol. The Morgan fingerprint density at radius 3 is 2.85 bits per heavy atom. The molecule has 1 N–H and O–H groups in total. The largest absolute Gasteiger partial charge is 0.480 e. The number of carbonyl (C=O) groups excluding carboxylic acids is 1. The van der Waals surface area contributed by atoms with Gasteiger partial charge in [0.25, 0.3) is 5.91 Å². The SMILES string of the molecule is O=C(O)C1CCCCCN1C(=O)c1cc(F)cnc1Cl. The van der Waals surface area contributed by atoms with E-state index in [2.05, 4.69) is 4.98 Å². The van der Waals surface area contributed by atoms with Gasteiger partial charge in [-0.05, 0) is 18.9 Å². The van der Waals surface area contributed by atoms with E-state index < -0.39 is 23.7 Å². The van der Waals surface area contributed by atoms with Gasteiger partial charge in [0.05, 0.1) is 11.8 Å². The molecule has 1 amide bonds. The Labute approximate surface area is 120 Å². The molecule has 1 aromatic rings. The van der Waals surface area contributed by atoms with Crippen molar-refractivity contribution in [2.24, 2.45) is 0 Å². The van der Waals surface area contributed by atoms with Crippen molar-refractivity contribution in [3.63, 3.8) is 0 Å². The zero-order valence-electron chi connectivity index (χ0n) is 10.7. The summed E-state index contributed by atoms with van der Waals surface area (Å²) < 4.78 is 13.2. The number of rotatable bonds is 2. The van der Waals surface area contributed by atoms with E-state index in [1.807, 2.05) is 0 Å². The van der Waals surface area contributed by atoms with E-state index in [1.165, 1.54) is 4.90 Å². The van der Waals surface area contributed by atoms with Gasteiger partial charge < -0.3 is 10.0 Å². The van der Waals surface area contributed by atoms with Gasteiger partial charge in [0, 0.05) is 6.54 Å². The van der Waals surface area contributed by atoms with Crippen LogP contribution in [0.25, 0.3) is 0 Å². The molecule has 108 valence electrons. The zero-order valence-corrected chi connectivity index (χ0v) is 11.4. The van der Waals surface area contributed by atoms with Crippen LogP contribution in [0.1, 0.15) is 36.0 Å². The Morgan fingerprint density at radius 2 is 2.15 bits per heavy atom. The molecule has 0 spiro atoms. The first-order valence-electron chi connectivity index (χ1n) is 6.35. The fourth-order valence-electron chi connectivity index (χ4n) is 2.34. The molecule has 1 aliphatic heterocycles. The molecule has 2 heterocycles. The molecule has 7 heteroatoms. The molecule has 0 aliphatic carbocycles. The minimum absolute atomic E-state index is 0.0974. The van der Waals surface area contributed by atoms with Crippen molar-refractivity contribution in [1.29, 1.82) is 0 Å². The Morgan fingerprint density at radius 1 is 1.40 bits per heavy atom. The van der Waals surface area contributed by atoms with Gasteiger partial charge in [0.1, 0.15) is 17.0 Å². The number of aromatic nitrogens is 1. The topological polar surface area (TPSA) is 70.5 Å². The second-order valence-corrected chi connectivity index (χ2v) is 5.05. The molecule has 1 atom stereocenters. The second kappa shape index (κ2) is 6.17. The van der Waals surface area contributed by atoms with Crippen LogP contribution in [0.15, 0.2) is 12.3 Å². The summed E-state index contributed by atoms with van der Waals surface area (Å²) in [5.74, 6) is -2.32. The van der Waals surface area contributed by atoms with Gasteiger partial charge in [-0.1, -0.05) is 24.4 Å². The van der Waals surface area contributed by atoms with Gasteiger partial charge in [-0.15, -0.1) is 0 Å². The van der Waals surface area contributed by atoms with Crippen molar-refractivity contribution in [2.75, 3.05) is 6.54 Å². The maximum atomic E-state index is 13.2. The van der Waals surface area contributed by atoms with Crippen LogP contribution in [-0.2, 0) is 4.79 Å². The summed E-state index contributed by atoms with van der Waals surface area (Å²) in [5, 5.41) is 9.12. The number of amides is 1. The molecule has 0 aromatic carbocycles. The smallest absolute Gasteiger partial charge is 0.326 e. The van der Waals surface area contributed by atoms with Crippen molar-refractivity contribution >= 4 is 23.5 Å². The van der Waals surface area contributed by atoms with Crippen LogP contribution < -0.4 is 0 Å². The molecule has 0 saturated carbocycles. The number of pyridine rings is 1. The highest BCUT2D eigenvalue weighted by Gasteiger charge is 2.32. The van der Waals surface area contributed by atoms with Crippen LogP contribution in [0.2, 0.25) is 5.15 Å². The van der Waals surface area contributed by atoms with Crippen LogP contribution >= 0.6 is 11.6 Å². The third-order valence-corrected chi connectivity index (χ3v) is 3.64. The van der Waals surface area contributed by atoms with Gasteiger partial charge in [-0.3, -0.25) is 4.79 Å². The van der Waals surface area contributed by atoms with Gasteiger partial charge >= 0.3 is 5.97 Å². The maximum Gasteiger partial charge on any atom is 0.326 e. The second-order valence-electron chi connectivity index (χ2n) is 4.69. The molecule has 1 saturated heterocycles. The van der Waals surface area contributed by atoms with Crippen molar-refractivity contribution in [1.82, 2.24) is 9.88 Å². The number of halogens is 2. The lowest BCUT2D eigenvalue weighted by Crippen LogP contribution is -2.44. The van der Waals surface area contributed by atoms with Gasteiger partial charge in [-0.25, -0.2) is 14.2 Å². The monoisotopic (exact) mass is 300 g/mol. The van der Waals surface area contributed by atoms with Crippen molar-refractivity contribution in [2.45, 2.75) is 31.7 Å². The average Bonchev–Trinajstić information content (AvgIpc) is 2.66. The van der Waals surface area contributed by atoms with E-state index in [-0.39, 0.29) is 10.7 Å². The van der Waals surface area contributed by atoms with Crippen LogP contribution in [0.5, 0.6) is 0 Å². The quantitative estimate of drug-likeness (QED) is 0.851. The summed E-state index contributed by atoms with van der Waals surface area (Å²) in [6.45, 7) is 0.322. The van der Waals surface area contributed by atoms with Crippen molar-refractivity contribution in [3.05, 3.63) is 28.8 Å². The molecule has 0 radical (unpaired) electrons. The standard InChI is InChI=1S/C13H14ClFN2O3/c14-11-9(6-8(15)7-16-11)12(18)17-5-3-1-2-4-10(17)13(19)20/h6-7,10H,1-5H2,(H,19,20). The minimum Gasteiger partial charge on any atom is -0.480 e. The third kappa shape index (κ3) is 3.07. The molecule has 1 aromatic heterocycles. The Kier molecular flexibility index (Phi) is 4.54. The van der Waals surface area contributed by atoms with Gasteiger partial charge in [-0.2, -0.15) is 0 Å². The highest BCUT2D eigenvalue weighted by atomic mass is 35.5.